The predicted molar refractivity (Wildman–Crippen MR) is 94.1 cm³/mol. The number of methoxy groups -OCH3 is 1. The first-order valence-electron chi connectivity index (χ1n) is 6.60. The van der Waals surface area contributed by atoms with Gasteiger partial charge in [0, 0.05) is 15.1 Å². The molecule has 21 heavy (non-hydrogen) atoms. The number of rotatable bonds is 3. The van der Waals surface area contributed by atoms with E-state index in [9.17, 15) is 0 Å². The van der Waals surface area contributed by atoms with Gasteiger partial charge in [-0.25, -0.2) is 0 Å². The zero-order valence-corrected chi connectivity index (χ0v) is 15.5. The lowest BCUT2D eigenvalue weighted by molar-refractivity contribution is 0.406. The third-order valence-electron chi connectivity index (χ3n) is 3.64. The number of ether oxygens (including phenoxy) is 1. The lowest BCUT2D eigenvalue weighted by atomic mass is 9.96. The molecule has 0 aliphatic heterocycles. The summed E-state index contributed by atoms with van der Waals surface area (Å²) >= 11 is 16.4. The van der Waals surface area contributed by atoms with Crippen molar-refractivity contribution in [1.29, 1.82) is 0 Å². The van der Waals surface area contributed by atoms with Gasteiger partial charge in [-0.2, -0.15) is 0 Å². The summed E-state index contributed by atoms with van der Waals surface area (Å²) in [6.07, 6.45) is 0. The predicted octanol–water partition coefficient (Wildman–Crippen LogP) is 6.36. The van der Waals surface area contributed by atoms with Gasteiger partial charge in [0.15, 0.2) is 0 Å². The first kappa shape index (κ1) is 16.7. The number of aryl methyl sites for hydroxylation is 2. The van der Waals surface area contributed by atoms with Crippen molar-refractivity contribution < 1.29 is 4.74 Å². The van der Waals surface area contributed by atoms with Crippen molar-refractivity contribution in [3.05, 3.63) is 61.6 Å². The van der Waals surface area contributed by atoms with E-state index in [0.717, 1.165) is 43.1 Å². The molecule has 4 heteroatoms. The Morgan fingerprint density at radius 1 is 1.10 bits per heavy atom. The third kappa shape index (κ3) is 3.23. The van der Waals surface area contributed by atoms with E-state index in [1.54, 1.807) is 7.11 Å². The van der Waals surface area contributed by atoms with Crippen molar-refractivity contribution in [3.8, 4) is 5.75 Å². The number of benzene rings is 2. The lowest BCUT2D eigenvalue weighted by Gasteiger charge is -2.20. The van der Waals surface area contributed by atoms with E-state index in [1.165, 1.54) is 0 Å². The van der Waals surface area contributed by atoms with Gasteiger partial charge < -0.3 is 4.74 Å². The molecule has 0 aliphatic carbocycles. The van der Waals surface area contributed by atoms with Crippen LogP contribution in [0.15, 0.2) is 28.7 Å². The van der Waals surface area contributed by atoms with Crippen LogP contribution in [0.4, 0.5) is 0 Å². The maximum Gasteiger partial charge on any atom is 0.127 e. The second-order valence-corrected chi connectivity index (χ2v) is 6.82. The normalized spacial score (nSPS) is 12.3. The topological polar surface area (TPSA) is 9.23 Å². The Kier molecular flexibility index (Phi) is 5.24. The van der Waals surface area contributed by atoms with Crippen LogP contribution < -0.4 is 4.74 Å². The fourth-order valence-electron chi connectivity index (χ4n) is 2.44. The molecule has 0 radical (unpaired) electrons. The van der Waals surface area contributed by atoms with Gasteiger partial charge in [0.25, 0.3) is 0 Å². The van der Waals surface area contributed by atoms with Crippen LogP contribution in [0.3, 0.4) is 0 Å². The van der Waals surface area contributed by atoms with Gasteiger partial charge in [-0.05, 0) is 55.2 Å². The van der Waals surface area contributed by atoms with Crippen molar-refractivity contribution in [2.75, 3.05) is 7.11 Å². The third-order valence-corrected chi connectivity index (χ3v) is 5.36. The molecule has 0 bridgehead atoms. The Bertz CT molecular complexity index is 683. The smallest absolute Gasteiger partial charge is 0.127 e. The van der Waals surface area contributed by atoms with Crippen LogP contribution in [-0.4, -0.2) is 7.11 Å². The second-order valence-electron chi connectivity index (χ2n) is 5.12. The van der Waals surface area contributed by atoms with E-state index in [1.807, 2.05) is 45.0 Å². The van der Waals surface area contributed by atoms with Crippen molar-refractivity contribution in [2.24, 2.45) is 0 Å². The maximum atomic E-state index is 6.75. The number of hydrogen-bond donors (Lipinski definition) is 0. The SMILES string of the molecule is COc1c(C)cc(Br)c(C)c1C(Cl)c1ccc(Cl)c(C)c1. The summed E-state index contributed by atoms with van der Waals surface area (Å²) in [4.78, 5) is 0. The zero-order valence-electron chi connectivity index (χ0n) is 12.4. The van der Waals surface area contributed by atoms with Crippen molar-refractivity contribution in [3.63, 3.8) is 0 Å². The summed E-state index contributed by atoms with van der Waals surface area (Å²) in [6.45, 7) is 6.04. The Morgan fingerprint density at radius 3 is 2.33 bits per heavy atom. The van der Waals surface area contributed by atoms with Crippen LogP contribution in [0.1, 0.15) is 33.2 Å². The van der Waals surface area contributed by atoms with E-state index in [2.05, 4.69) is 15.9 Å². The Balaban J connectivity index is 2.62. The monoisotopic (exact) mass is 386 g/mol. The number of halogens is 3. The van der Waals surface area contributed by atoms with Crippen LogP contribution in [0.2, 0.25) is 5.02 Å². The lowest BCUT2D eigenvalue weighted by Crippen LogP contribution is -2.03. The summed E-state index contributed by atoms with van der Waals surface area (Å²) in [5, 5.41) is 0.462. The van der Waals surface area contributed by atoms with Gasteiger partial charge in [0.1, 0.15) is 5.75 Å². The fourth-order valence-corrected chi connectivity index (χ4v) is 3.52. The molecule has 0 N–H and O–H groups in total. The molecule has 112 valence electrons. The van der Waals surface area contributed by atoms with E-state index >= 15 is 0 Å². The molecule has 0 saturated heterocycles. The Hall–Kier alpha value is -0.700. The first-order valence-corrected chi connectivity index (χ1v) is 8.21. The van der Waals surface area contributed by atoms with Crippen LogP contribution in [0.25, 0.3) is 0 Å². The highest BCUT2D eigenvalue weighted by Crippen LogP contribution is 2.42. The van der Waals surface area contributed by atoms with Gasteiger partial charge in [0.05, 0.1) is 12.5 Å². The Labute approximate surface area is 144 Å². The molecule has 1 nitrogen and oxygen atoms in total. The molecule has 2 aromatic carbocycles. The van der Waals surface area contributed by atoms with Crippen molar-refractivity contribution >= 4 is 39.1 Å². The summed E-state index contributed by atoms with van der Waals surface area (Å²) in [5.41, 5.74) is 5.17. The minimum atomic E-state index is -0.285. The van der Waals surface area contributed by atoms with Crippen LogP contribution in [0.5, 0.6) is 5.75 Å². The van der Waals surface area contributed by atoms with Crippen LogP contribution in [0, 0.1) is 20.8 Å². The van der Waals surface area contributed by atoms with E-state index in [-0.39, 0.29) is 5.38 Å². The highest BCUT2D eigenvalue weighted by atomic mass is 79.9. The first-order chi connectivity index (χ1) is 9.86. The van der Waals surface area contributed by atoms with Gasteiger partial charge in [-0.1, -0.05) is 39.7 Å². The molecule has 0 aromatic heterocycles. The van der Waals surface area contributed by atoms with Gasteiger partial charge in [-0.15, -0.1) is 11.6 Å². The van der Waals surface area contributed by atoms with Crippen LogP contribution in [-0.2, 0) is 0 Å². The molecule has 2 aromatic rings. The van der Waals surface area contributed by atoms with Crippen LogP contribution >= 0.6 is 39.1 Å². The molecule has 1 unspecified atom stereocenters. The van der Waals surface area contributed by atoms with Gasteiger partial charge in [0.2, 0.25) is 0 Å². The minimum Gasteiger partial charge on any atom is -0.496 e. The molecule has 0 saturated carbocycles. The summed E-state index contributed by atoms with van der Waals surface area (Å²) in [7, 11) is 1.68. The molecular weight excluding hydrogens is 371 g/mol. The molecule has 0 amide bonds. The highest BCUT2D eigenvalue weighted by Gasteiger charge is 2.22. The average Bonchev–Trinajstić information content (AvgIpc) is 2.44. The highest BCUT2D eigenvalue weighted by molar-refractivity contribution is 9.10. The summed E-state index contributed by atoms with van der Waals surface area (Å²) < 4.78 is 6.61. The Morgan fingerprint density at radius 2 is 1.76 bits per heavy atom. The molecule has 2 rings (SSSR count). The van der Waals surface area contributed by atoms with Crippen molar-refractivity contribution in [2.45, 2.75) is 26.1 Å². The van der Waals surface area contributed by atoms with E-state index in [4.69, 9.17) is 27.9 Å². The summed E-state index contributed by atoms with van der Waals surface area (Å²) in [5.74, 6) is 0.836. The number of alkyl halides is 1. The molecule has 1 atom stereocenters. The number of hydrogen-bond acceptors (Lipinski definition) is 1. The maximum absolute atomic E-state index is 6.75. The molecular formula is C17H17BrCl2O. The summed E-state index contributed by atoms with van der Waals surface area (Å²) in [6, 6.07) is 7.92. The standard InChI is InChI=1S/C17H17BrCl2O/c1-9-7-12(5-6-14(9)19)16(20)15-11(3)13(18)8-10(2)17(15)21-4/h5-8,16H,1-4H3. The largest absolute Gasteiger partial charge is 0.496 e. The van der Waals surface area contributed by atoms with Gasteiger partial charge >= 0.3 is 0 Å². The van der Waals surface area contributed by atoms with Gasteiger partial charge in [-0.3, -0.25) is 0 Å². The fraction of sp³-hybridized carbons (Fsp3) is 0.294. The quantitative estimate of drug-likeness (QED) is 0.556. The molecule has 0 aliphatic rings. The zero-order chi connectivity index (χ0) is 15.7. The molecule has 0 heterocycles. The molecule has 0 fully saturated rings. The van der Waals surface area contributed by atoms with E-state index in [0.29, 0.717) is 0 Å². The van der Waals surface area contributed by atoms with E-state index < -0.39 is 0 Å². The molecule has 0 spiro atoms. The van der Waals surface area contributed by atoms with Crippen molar-refractivity contribution in [1.82, 2.24) is 0 Å². The second kappa shape index (κ2) is 6.60. The average molecular weight is 388 g/mol. The minimum absolute atomic E-state index is 0.285.